The molecule has 0 atom stereocenters. The average molecular weight is 408 g/mol. The minimum Gasteiger partial charge on any atom is -0.493 e. The van der Waals surface area contributed by atoms with Crippen LogP contribution in [0.15, 0.2) is 23.9 Å². The van der Waals surface area contributed by atoms with Crippen molar-refractivity contribution in [2.75, 3.05) is 39.8 Å². The lowest BCUT2D eigenvalue weighted by molar-refractivity contribution is -0.138. The van der Waals surface area contributed by atoms with Crippen LogP contribution < -0.4 is 20.1 Å². The van der Waals surface area contributed by atoms with Crippen LogP contribution in [0, 0.1) is 0 Å². The molecule has 0 heterocycles. The van der Waals surface area contributed by atoms with E-state index in [4.69, 9.17) is 14.2 Å². The van der Waals surface area contributed by atoms with Gasteiger partial charge in [0.1, 0.15) is 12.3 Å². The Morgan fingerprint density at radius 2 is 1.79 bits per heavy atom. The number of hydrogen-bond donors (Lipinski definition) is 2. The Morgan fingerprint density at radius 1 is 1.07 bits per heavy atom. The van der Waals surface area contributed by atoms with E-state index in [0.717, 1.165) is 18.1 Å². The van der Waals surface area contributed by atoms with Gasteiger partial charge in [-0.15, -0.1) is 0 Å². The van der Waals surface area contributed by atoms with Crippen molar-refractivity contribution in [3.8, 4) is 11.5 Å². The minimum atomic E-state index is -0.721. The molecule has 0 saturated heterocycles. The summed E-state index contributed by atoms with van der Waals surface area (Å²) in [6.45, 7) is 3.99. The van der Waals surface area contributed by atoms with E-state index in [2.05, 4.69) is 15.4 Å². The molecule has 2 N–H and O–H groups in total. The van der Waals surface area contributed by atoms with Crippen LogP contribution in [0.25, 0.3) is 0 Å². The third-order valence-corrected chi connectivity index (χ3v) is 3.78. The lowest BCUT2D eigenvalue weighted by Crippen LogP contribution is -2.25. The maximum atomic E-state index is 12.1. The van der Waals surface area contributed by atoms with E-state index in [-0.39, 0.29) is 18.2 Å². The number of ether oxygens (including phenoxy) is 4. The number of nitrogens with one attached hydrogen (secondary N) is 2. The molecule has 0 aliphatic heterocycles. The molecule has 0 aromatic heterocycles. The molecule has 0 unspecified atom stereocenters. The van der Waals surface area contributed by atoms with Crippen molar-refractivity contribution in [3.05, 3.63) is 29.5 Å². The molecule has 160 valence electrons. The molecule has 0 radical (unpaired) electrons. The lowest BCUT2D eigenvalue weighted by atomic mass is 10.1. The number of anilines is 1. The highest BCUT2D eigenvalue weighted by molar-refractivity contribution is 5.99. The van der Waals surface area contributed by atoms with Gasteiger partial charge in [0.15, 0.2) is 11.5 Å². The van der Waals surface area contributed by atoms with Crippen LogP contribution in [-0.2, 0) is 30.3 Å². The number of hydrogen-bond acceptors (Lipinski definition) is 8. The smallest absolute Gasteiger partial charge is 0.354 e. The first kappa shape index (κ1) is 23.8. The summed E-state index contributed by atoms with van der Waals surface area (Å²) in [7, 11) is 3.95. The Balaban J connectivity index is 3.24. The van der Waals surface area contributed by atoms with Crippen molar-refractivity contribution in [1.29, 1.82) is 0 Å². The van der Waals surface area contributed by atoms with Crippen LogP contribution in [0.2, 0.25) is 0 Å². The molecule has 9 nitrogen and oxygen atoms in total. The molecule has 0 saturated carbocycles. The summed E-state index contributed by atoms with van der Waals surface area (Å²) >= 11 is 0. The number of methoxy groups -OCH3 is 3. The van der Waals surface area contributed by atoms with Crippen LogP contribution in [0.5, 0.6) is 11.5 Å². The first-order chi connectivity index (χ1) is 13.9. The first-order valence-electron chi connectivity index (χ1n) is 9.09. The molecule has 0 bridgehead atoms. The van der Waals surface area contributed by atoms with Crippen LogP contribution in [0.1, 0.15) is 25.8 Å². The van der Waals surface area contributed by atoms with Gasteiger partial charge in [-0.25, -0.2) is 9.59 Å². The molecule has 0 aliphatic carbocycles. The Kier molecular flexibility index (Phi) is 10.1. The Morgan fingerprint density at radius 3 is 2.34 bits per heavy atom. The maximum Gasteiger partial charge on any atom is 0.354 e. The first-order valence-corrected chi connectivity index (χ1v) is 9.09. The number of rotatable bonds is 11. The van der Waals surface area contributed by atoms with Crippen LogP contribution in [-0.4, -0.2) is 52.3 Å². The molecular formula is C20H28N2O7. The van der Waals surface area contributed by atoms with E-state index in [0.29, 0.717) is 30.2 Å². The maximum absolute atomic E-state index is 12.1. The summed E-state index contributed by atoms with van der Waals surface area (Å²) in [5.41, 5.74) is 1.34. The molecular weight excluding hydrogens is 380 g/mol. The number of carbonyl (C=O) groups is 3. The van der Waals surface area contributed by atoms with Crippen molar-refractivity contribution >= 4 is 23.5 Å². The number of esters is 2. The summed E-state index contributed by atoms with van der Waals surface area (Å²) in [6, 6.07) is 3.47. The topological polar surface area (TPSA) is 112 Å². The lowest BCUT2D eigenvalue weighted by Gasteiger charge is -2.18. The molecule has 1 aromatic rings. The van der Waals surface area contributed by atoms with Gasteiger partial charge in [0.25, 0.3) is 0 Å². The summed E-state index contributed by atoms with van der Waals surface area (Å²) in [4.78, 5) is 34.7. The fourth-order valence-corrected chi connectivity index (χ4v) is 2.43. The minimum absolute atomic E-state index is 0.0777. The molecule has 0 fully saturated rings. The van der Waals surface area contributed by atoms with E-state index in [1.54, 1.807) is 12.1 Å². The summed E-state index contributed by atoms with van der Waals surface area (Å²) in [6.07, 6.45) is 2.55. The van der Waals surface area contributed by atoms with Crippen molar-refractivity contribution in [3.63, 3.8) is 0 Å². The summed E-state index contributed by atoms with van der Waals surface area (Å²) < 4.78 is 20.4. The zero-order valence-electron chi connectivity index (χ0n) is 17.4. The van der Waals surface area contributed by atoms with E-state index >= 15 is 0 Å². The highest BCUT2D eigenvalue weighted by Gasteiger charge is 2.17. The van der Waals surface area contributed by atoms with Crippen molar-refractivity contribution in [2.24, 2.45) is 0 Å². The third-order valence-electron chi connectivity index (χ3n) is 3.78. The predicted molar refractivity (Wildman–Crippen MR) is 107 cm³/mol. The highest BCUT2D eigenvalue weighted by atomic mass is 16.5. The molecule has 1 amide bonds. The largest absolute Gasteiger partial charge is 0.493 e. The fourth-order valence-electron chi connectivity index (χ4n) is 2.43. The van der Waals surface area contributed by atoms with E-state index < -0.39 is 11.9 Å². The summed E-state index contributed by atoms with van der Waals surface area (Å²) in [5.74, 6) is -0.644. The van der Waals surface area contributed by atoms with Gasteiger partial charge in [-0.1, -0.05) is 13.3 Å². The zero-order valence-corrected chi connectivity index (χ0v) is 17.4. The van der Waals surface area contributed by atoms with Gasteiger partial charge >= 0.3 is 11.9 Å². The Bertz CT molecular complexity index is 759. The average Bonchev–Trinajstić information content (AvgIpc) is 2.71. The SMILES string of the molecule is CCCc1cc(OC)c(OCCNC(C)=O)cc1N/C(=C/C(=O)OC)C(=O)OC. The molecule has 0 spiro atoms. The quantitative estimate of drug-likeness (QED) is 0.324. The van der Waals surface area contributed by atoms with Gasteiger partial charge in [-0.05, 0) is 18.1 Å². The third kappa shape index (κ3) is 7.73. The van der Waals surface area contributed by atoms with Crippen LogP contribution >= 0.6 is 0 Å². The predicted octanol–water partition coefficient (Wildman–Crippen LogP) is 1.80. The van der Waals surface area contributed by atoms with Crippen molar-refractivity contribution in [2.45, 2.75) is 26.7 Å². The Hall–Kier alpha value is -3.23. The van der Waals surface area contributed by atoms with E-state index in [1.807, 2.05) is 6.92 Å². The second kappa shape index (κ2) is 12.3. The van der Waals surface area contributed by atoms with Crippen LogP contribution in [0.3, 0.4) is 0 Å². The highest BCUT2D eigenvalue weighted by Crippen LogP contribution is 2.35. The van der Waals surface area contributed by atoms with E-state index in [1.165, 1.54) is 28.3 Å². The van der Waals surface area contributed by atoms with Gasteiger partial charge in [0.05, 0.1) is 34.0 Å². The molecule has 1 rings (SSSR count). The van der Waals surface area contributed by atoms with Crippen molar-refractivity contribution < 1.29 is 33.3 Å². The van der Waals surface area contributed by atoms with Gasteiger partial charge in [0, 0.05) is 18.7 Å². The molecule has 29 heavy (non-hydrogen) atoms. The number of carbonyl (C=O) groups excluding carboxylic acids is 3. The van der Waals surface area contributed by atoms with Gasteiger partial charge in [-0.3, -0.25) is 4.79 Å². The fraction of sp³-hybridized carbons (Fsp3) is 0.450. The van der Waals surface area contributed by atoms with Crippen molar-refractivity contribution in [1.82, 2.24) is 5.32 Å². The monoisotopic (exact) mass is 408 g/mol. The molecule has 9 heteroatoms. The summed E-state index contributed by atoms with van der Waals surface area (Å²) in [5, 5.41) is 5.57. The van der Waals surface area contributed by atoms with Gasteiger partial charge in [0.2, 0.25) is 5.91 Å². The van der Waals surface area contributed by atoms with Gasteiger partial charge < -0.3 is 29.6 Å². The Labute approximate surface area is 170 Å². The standard InChI is InChI=1S/C20H28N2O7/c1-6-7-14-10-17(26-3)18(29-9-8-21-13(2)23)11-15(14)22-16(20(25)28-5)12-19(24)27-4/h10-12,22H,6-9H2,1-5H3,(H,21,23)/b16-12+. The number of aryl methyl sites for hydroxylation is 1. The number of benzene rings is 1. The normalized spacial score (nSPS) is 10.7. The van der Waals surface area contributed by atoms with Gasteiger partial charge in [-0.2, -0.15) is 0 Å². The second-order valence-corrected chi connectivity index (χ2v) is 5.94. The van der Waals surface area contributed by atoms with Crippen LogP contribution in [0.4, 0.5) is 5.69 Å². The zero-order chi connectivity index (χ0) is 21.8. The second-order valence-electron chi connectivity index (χ2n) is 5.94. The molecule has 0 aliphatic rings. The van der Waals surface area contributed by atoms with E-state index in [9.17, 15) is 14.4 Å². The molecule has 1 aromatic carbocycles. The number of amides is 1.